The largest absolute Gasteiger partial charge is 0.304 e. The van der Waals surface area contributed by atoms with Crippen LogP contribution in [0.2, 0.25) is 0 Å². The molecule has 3 N–H and O–H groups in total. The molecule has 0 aromatic carbocycles. The standard InChI is InChI=1S/C9H23N3/c1-4-12(5-2)8-6-7-9(3)11-10/h9,11H,4-8,10H2,1-3H3. The predicted octanol–water partition coefficient (Wildman–Crippen LogP) is 0.960. The zero-order valence-corrected chi connectivity index (χ0v) is 8.64. The van der Waals surface area contributed by atoms with Crippen molar-refractivity contribution in [1.29, 1.82) is 0 Å². The summed E-state index contributed by atoms with van der Waals surface area (Å²) in [4.78, 5) is 2.43. The van der Waals surface area contributed by atoms with Crippen molar-refractivity contribution >= 4 is 0 Å². The van der Waals surface area contributed by atoms with Crippen LogP contribution in [0.15, 0.2) is 0 Å². The minimum Gasteiger partial charge on any atom is -0.304 e. The van der Waals surface area contributed by atoms with Crippen LogP contribution in [-0.2, 0) is 0 Å². The Hall–Kier alpha value is -0.120. The summed E-state index contributed by atoms with van der Waals surface area (Å²) in [6.07, 6.45) is 2.39. The molecule has 0 saturated heterocycles. The van der Waals surface area contributed by atoms with Gasteiger partial charge in [-0.1, -0.05) is 13.8 Å². The molecular weight excluding hydrogens is 150 g/mol. The van der Waals surface area contributed by atoms with Gasteiger partial charge in [-0.15, -0.1) is 0 Å². The Balaban J connectivity index is 3.28. The van der Waals surface area contributed by atoms with Crippen molar-refractivity contribution in [3.63, 3.8) is 0 Å². The van der Waals surface area contributed by atoms with E-state index in [1.54, 1.807) is 0 Å². The fraction of sp³-hybridized carbons (Fsp3) is 1.00. The monoisotopic (exact) mass is 173 g/mol. The normalized spacial score (nSPS) is 13.8. The molecule has 0 rings (SSSR count). The van der Waals surface area contributed by atoms with E-state index in [1.807, 2.05) is 0 Å². The minimum absolute atomic E-state index is 0.445. The molecule has 0 fully saturated rings. The number of rotatable bonds is 7. The molecule has 1 atom stereocenters. The quantitative estimate of drug-likeness (QED) is 0.445. The van der Waals surface area contributed by atoms with Crippen LogP contribution in [0.4, 0.5) is 0 Å². The molecule has 0 aromatic rings. The molecule has 0 aromatic heterocycles. The predicted molar refractivity (Wildman–Crippen MR) is 53.8 cm³/mol. The summed E-state index contributed by atoms with van der Waals surface area (Å²) in [5, 5.41) is 0. The lowest BCUT2D eigenvalue weighted by molar-refractivity contribution is 0.291. The van der Waals surface area contributed by atoms with E-state index < -0.39 is 0 Å². The van der Waals surface area contributed by atoms with E-state index in [1.165, 1.54) is 13.0 Å². The Morgan fingerprint density at radius 3 is 2.33 bits per heavy atom. The van der Waals surface area contributed by atoms with Crippen molar-refractivity contribution in [1.82, 2.24) is 10.3 Å². The lowest BCUT2D eigenvalue weighted by Gasteiger charge is -2.18. The third-order valence-electron chi connectivity index (χ3n) is 2.29. The maximum absolute atomic E-state index is 5.29. The maximum Gasteiger partial charge on any atom is 0.0182 e. The molecule has 0 aliphatic rings. The summed E-state index contributed by atoms with van der Waals surface area (Å²) < 4.78 is 0. The van der Waals surface area contributed by atoms with Crippen molar-refractivity contribution < 1.29 is 0 Å². The molecule has 0 aliphatic heterocycles. The van der Waals surface area contributed by atoms with Gasteiger partial charge >= 0.3 is 0 Å². The lowest BCUT2D eigenvalue weighted by Crippen LogP contribution is -2.33. The summed E-state index contributed by atoms with van der Waals surface area (Å²) in [6, 6.07) is 0.445. The molecule has 0 radical (unpaired) electrons. The lowest BCUT2D eigenvalue weighted by atomic mass is 10.2. The van der Waals surface area contributed by atoms with Crippen molar-refractivity contribution in [2.45, 2.75) is 39.7 Å². The fourth-order valence-corrected chi connectivity index (χ4v) is 1.24. The Morgan fingerprint density at radius 2 is 1.92 bits per heavy atom. The Bertz CT molecular complexity index is 91.8. The highest BCUT2D eigenvalue weighted by atomic mass is 15.2. The second-order valence-electron chi connectivity index (χ2n) is 3.24. The molecule has 3 heteroatoms. The molecule has 1 unspecified atom stereocenters. The van der Waals surface area contributed by atoms with Gasteiger partial charge in [-0.05, 0) is 39.4 Å². The van der Waals surface area contributed by atoms with E-state index in [4.69, 9.17) is 5.84 Å². The van der Waals surface area contributed by atoms with Crippen molar-refractivity contribution in [2.24, 2.45) is 5.84 Å². The van der Waals surface area contributed by atoms with Crippen LogP contribution in [0.25, 0.3) is 0 Å². The second-order valence-corrected chi connectivity index (χ2v) is 3.24. The van der Waals surface area contributed by atoms with Crippen LogP contribution in [0, 0.1) is 0 Å². The average molecular weight is 173 g/mol. The molecule has 0 bridgehead atoms. The van der Waals surface area contributed by atoms with Gasteiger partial charge in [-0.2, -0.15) is 0 Å². The van der Waals surface area contributed by atoms with Gasteiger partial charge in [0.15, 0.2) is 0 Å². The van der Waals surface area contributed by atoms with E-state index in [0.29, 0.717) is 6.04 Å². The molecule has 0 heterocycles. The number of hydrogen-bond acceptors (Lipinski definition) is 3. The molecule has 3 nitrogen and oxygen atoms in total. The summed E-state index contributed by atoms with van der Waals surface area (Å²) in [6.45, 7) is 10.0. The Kier molecular flexibility index (Phi) is 7.45. The van der Waals surface area contributed by atoms with Crippen LogP contribution in [0.1, 0.15) is 33.6 Å². The maximum atomic E-state index is 5.29. The second kappa shape index (κ2) is 7.53. The number of nitrogens with two attached hydrogens (primary N) is 1. The molecule has 12 heavy (non-hydrogen) atoms. The van der Waals surface area contributed by atoms with Gasteiger partial charge in [0, 0.05) is 6.04 Å². The topological polar surface area (TPSA) is 41.3 Å². The molecule has 0 aliphatic carbocycles. The van der Waals surface area contributed by atoms with Crippen molar-refractivity contribution in [3.8, 4) is 0 Å². The van der Waals surface area contributed by atoms with E-state index in [9.17, 15) is 0 Å². The number of nitrogens with one attached hydrogen (secondary N) is 1. The molecule has 0 saturated carbocycles. The molecule has 0 spiro atoms. The van der Waals surface area contributed by atoms with Gasteiger partial charge in [-0.3, -0.25) is 11.3 Å². The highest BCUT2D eigenvalue weighted by Gasteiger charge is 2.01. The van der Waals surface area contributed by atoms with Crippen LogP contribution in [0.3, 0.4) is 0 Å². The van der Waals surface area contributed by atoms with Gasteiger partial charge in [0.1, 0.15) is 0 Å². The molecule has 0 amide bonds. The zero-order chi connectivity index (χ0) is 9.40. The van der Waals surface area contributed by atoms with Gasteiger partial charge < -0.3 is 4.90 Å². The van der Waals surface area contributed by atoms with Gasteiger partial charge in [-0.25, -0.2) is 0 Å². The zero-order valence-electron chi connectivity index (χ0n) is 8.64. The average Bonchev–Trinajstić information content (AvgIpc) is 2.12. The third-order valence-corrected chi connectivity index (χ3v) is 2.29. The number of nitrogens with zero attached hydrogens (tertiary/aromatic N) is 1. The van der Waals surface area contributed by atoms with Crippen LogP contribution < -0.4 is 11.3 Å². The van der Waals surface area contributed by atoms with E-state index >= 15 is 0 Å². The van der Waals surface area contributed by atoms with E-state index in [2.05, 4.69) is 31.1 Å². The fourth-order valence-electron chi connectivity index (χ4n) is 1.24. The van der Waals surface area contributed by atoms with Crippen molar-refractivity contribution in [3.05, 3.63) is 0 Å². The summed E-state index contributed by atoms with van der Waals surface area (Å²) in [5.74, 6) is 5.29. The number of hydrazine groups is 1. The van der Waals surface area contributed by atoms with Crippen LogP contribution in [0.5, 0.6) is 0 Å². The SMILES string of the molecule is CCN(CC)CCCC(C)NN. The first-order chi connectivity index (χ1) is 5.74. The summed E-state index contributed by atoms with van der Waals surface area (Å²) in [7, 11) is 0. The van der Waals surface area contributed by atoms with Crippen molar-refractivity contribution in [2.75, 3.05) is 19.6 Å². The van der Waals surface area contributed by atoms with Gasteiger partial charge in [0.25, 0.3) is 0 Å². The highest BCUT2D eigenvalue weighted by molar-refractivity contribution is 4.58. The van der Waals surface area contributed by atoms with E-state index in [-0.39, 0.29) is 0 Å². The Labute approximate surface area is 76.3 Å². The number of hydrogen-bond donors (Lipinski definition) is 2. The van der Waals surface area contributed by atoms with Gasteiger partial charge in [0.05, 0.1) is 0 Å². The summed E-state index contributed by atoms with van der Waals surface area (Å²) in [5.41, 5.74) is 2.76. The molecule has 74 valence electrons. The smallest absolute Gasteiger partial charge is 0.0182 e. The molecular formula is C9H23N3. The van der Waals surface area contributed by atoms with Gasteiger partial charge in [0.2, 0.25) is 0 Å². The van der Waals surface area contributed by atoms with E-state index in [0.717, 1.165) is 19.5 Å². The summed E-state index contributed by atoms with van der Waals surface area (Å²) >= 11 is 0. The first-order valence-electron chi connectivity index (χ1n) is 4.93. The first-order valence-corrected chi connectivity index (χ1v) is 4.93. The van der Waals surface area contributed by atoms with Crippen LogP contribution in [-0.4, -0.2) is 30.6 Å². The Morgan fingerprint density at radius 1 is 1.33 bits per heavy atom. The third kappa shape index (κ3) is 5.52. The van der Waals surface area contributed by atoms with Crippen LogP contribution >= 0.6 is 0 Å². The minimum atomic E-state index is 0.445. The first kappa shape index (κ1) is 11.9. The highest BCUT2D eigenvalue weighted by Crippen LogP contribution is 1.98.